The van der Waals surface area contributed by atoms with Gasteiger partial charge in [0.05, 0.1) is 18.7 Å². The normalized spacial score (nSPS) is 8.72. The summed E-state index contributed by atoms with van der Waals surface area (Å²) in [6.07, 6.45) is 0. The first-order chi connectivity index (χ1) is 8.69. The number of nitrogens with zero attached hydrogens (tertiary/aromatic N) is 3. The van der Waals surface area contributed by atoms with Crippen LogP contribution in [0.4, 0.5) is 5.69 Å². The highest BCUT2D eigenvalue weighted by Crippen LogP contribution is 2.14. The average molecular weight is 244 g/mol. The molecule has 6 heteroatoms. The maximum absolute atomic E-state index is 11.6. The molecule has 0 amide bonds. The Morgan fingerprint density at radius 1 is 1.61 bits per heavy atom. The molecule has 0 spiro atoms. The minimum Gasteiger partial charge on any atom is -0.462 e. The third-order valence-corrected chi connectivity index (χ3v) is 1.99. The summed E-state index contributed by atoms with van der Waals surface area (Å²) in [5.74, 6) is 4.94. The number of esters is 1. The zero-order chi connectivity index (χ0) is 13.4. The Balaban J connectivity index is 2.95. The summed E-state index contributed by atoms with van der Waals surface area (Å²) in [4.78, 5) is 14.2. The van der Waals surface area contributed by atoms with E-state index < -0.39 is 5.97 Å². The van der Waals surface area contributed by atoms with Crippen LogP contribution in [0.15, 0.2) is 23.3 Å². The number of nitrogen functional groups attached to an aromatic ring is 1. The Kier molecular flexibility index (Phi) is 5.10. The van der Waals surface area contributed by atoms with Gasteiger partial charge in [0.1, 0.15) is 0 Å². The Labute approximate surface area is 104 Å². The van der Waals surface area contributed by atoms with Crippen LogP contribution < -0.4 is 5.73 Å². The second-order valence-electron chi connectivity index (χ2n) is 3.21. The maximum Gasteiger partial charge on any atom is 0.340 e. The quantitative estimate of drug-likeness (QED) is 0.220. The average Bonchev–Trinajstić information content (AvgIpc) is 2.36. The molecule has 1 aromatic carbocycles. The van der Waals surface area contributed by atoms with E-state index in [-0.39, 0.29) is 18.7 Å². The van der Waals surface area contributed by atoms with Gasteiger partial charge in [-0.15, -0.1) is 0 Å². The lowest BCUT2D eigenvalue weighted by Gasteiger charge is -2.05. The third kappa shape index (κ3) is 3.74. The van der Waals surface area contributed by atoms with Gasteiger partial charge in [0.25, 0.3) is 0 Å². The molecule has 0 aliphatic carbocycles. The molecule has 0 aliphatic rings. The fraction of sp³-hybridized carbons (Fsp3) is 0.250. The molecule has 0 bridgehead atoms. The summed E-state index contributed by atoms with van der Waals surface area (Å²) < 4.78 is 4.87. The molecule has 0 saturated heterocycles. The molecule has 1 rings (SSSR count). The van der Waals surface area contributed by atoms with Crippen molar-refractivity contribution in [2.45, 2.75) is 6.92 Å². The highest BCUT2D eigenvalue weighted by molar-refractivity contribution is 5.95. The van der Waals surface area contributed by atoms with E-state index in [0.717, 1.165) is 0 Å². The van der Waals surface area contributed by atoms with Gasteiger partial charge >= 0.3 is 5.97 Å². The van der Waals surface area contributed by atoms with Crippen molar-refractivity contribution in [1.82, 2.24) is 0 Å². The van der Waals surface area contributed by atoms with Crippen LogP contribution in [0, 0.1) is 11.8 Å². The minimum atomic E-state index is -0.478. The topological polar surface area (TPSA) is 101 Å². The fourth-order valence-corrected chi connectivity index (χ4v) is 1.23. The number of hydrogen-bond acceptors (Lipinski definition) is 4. The number of anilines is 1. The van der Waals surface area contributed by atoms with Crippen LogP contribution in [0.3, 0.4) is 0 Å². The molecule has 0 atom stereocenters. The van der Waals surface area contributed by atoms with Gasteiger partial charge in [-0.1, -0.05) is 17.0 Å². The van der Waals surface area contributed by atoms with E-state index in [2.05, 4.69) is 21.9 Å². The van der Waals surface area contributed by atoms with Crippen molar-refractivity contribution < 1.29 is 9.53 Å². The monoisotopic (exact) mass is 244 g/mol. The number of carbonyl (C=O) groups excluding carboxylic acids is 1. The summed E-state index contributed by atoms with van der Waals surface area (Å²) in [5, 5.41) is 3.28. The molecule has 18 heavy (non-hydrogen) atoms. The number of rotatable bonds is 3. The second kappa shape index (κ2) is 6.84. The van der Waals surface area contributed by atoms with Gasteiger partial charge < -0.3 is 10.5 Å². The largest absolute Gasteiger partial charge is 0.462 e. The van der Waals surface area contributed by atoms with E-state index in [1.54, 1.807) is 25.1 Å². The molecule has 0 radical (unpaired) electrons. The van der Waals surface area contributed by atoms with Crippen LogP contribution in [-0.2, 0) is 4.74 Å². The van der Waals surface area contributed by atoms with Gasteiger partial charge in [0.2, 0.25) is 0 Å². The predicted molar refractivity (Wildman–Crippen MR) is 67.7 cm³/mol. The Morgan fingerprint density at radius 2 is 2.39 bits per heavy atom. The number of benzene rings is 1. The first-order valence-electron chi connectivity index (χ1n) is 5.25. The Bertz CT molecular complexity index is 551. The van der Waals surface area contributed by atoms with Gasteiger partial charge in [0, 0.05) is 16.2 Å². The van der Waals surface area contributed by atoms with Gasteiger partial charge in [-0.05, 0) is 30.7 Å². The number of carbonyl (C=O) groups is 1. The van der Waals surface area contributed by atoms with E-state index in [1.807, 2.05) is 0 Å². The molecule has 6 nitrogen and oxygen atoms in total. The molecule has 0 aliphatic heterocycles. The predicted octanol–water partition coefficient (Wildman–Crippen LogP) is 2.11. The summed E-state index contributed by atoms with van der Waals surface area (Å²) in [7, 11) is 0. The molecule has 0 fully saturated rings. The van der Waals surface area contributed by atoms with E-state index in [9.17, 15) is 4.79 Å². The number of hydrogen-bond donors (Lipinski definition) is 1. The maximum atomic E-state index is 11.6. The fourth-order valence-electron chi connectivity index (χ4n) is 1.23. The second-order valence-corrected chi connectivity index (χ2v) is 3.21. The highest BCUT2D eigenvalue weighted by atomic mass is 16.5. The molecular formula is C12H12N4O2. The van der Waals surface area contributed by atoms with E-state index in [1.165, 1.54) is 0 Å². The molecule has 0 aromatic heterocycles. The first-order valence-corrected chi connectivity index (χ1v) is 5.25. The molecule has 0 unspecified atom stereocenters. The standard InChI is InChI=1S/C12H12N4O2/c1-2-18-12(17)10-8-9(5-6-11(10)13)4-3-7-15-16-14/h5-6,8H,2,7,13H2,1H3. The van der Waals surface area contributed by atoms with Crippen LogP contribution in [0.1, 0.15) is 22.8 Å². The number of azide groups is 1. The number of nitrogens with two attached hydrogens (primary N) is 1. The first kappa shape index (κ1) is 13.4. The van der Waals surface area contributed by atoms with Crippen molar-refractivity contribution in [1.29, 1.82) is 0 Å². The number of ether oxygens (including phenoxy) is 1. The molecule has 92 valence electrons. The lowest BCUT2D eigenvalue weighted by Crippen LogP contribution is -2.08. The smallest absolute Gasteiger partial charge is 0.340 e. The van der Waals surface area contributed by atoms with Gasteiger partial charge in [0.15, 0.2) is 0 Å². The van der Waals surface area contributed by atoms with Crippen LogP contribution in [-0.4, -0.2) is 19.1 Å². The minimum absolute atomic E-state index is 0.0790. The third-order valence-electron chi connectivity index (χ3n) is 1.99. The summed E-state index contributed by atoms with van der Waals surface area (Å²) in [6.45, 7) is 2.08. The van der Waals surface area contributed by atoms with Crippen molar-refractivity contribution in [3.63, 3.8) is 0 Å². The molecule has 2 N–H and O–H groups in total. The zero-order valence-corrected chi connectivity index (χ0v) is 9.88. The molecule has 0 saturated carbocycles. The van der Waals surface area contributed by atoms with Crippen molar-refractivity contribution >= 4 is 11.7 Å². The Hall–Kier alpha value is -2.64. The zero-order valence-electron chi connectivity index (χ0n) is 9.88. The Morgan fingerprint density at radius 3 is 3.06 bits per heavy atom. The lowest BCUT2D eigenvalue weighted by atomic mass is 10.1. The van der Waals surface area contributed by atoms with E-state index in [0.29, 0.717) is 11.3 Å². The highest BCUT2D eigenvalue weighted by Gasteiger charge is 2.10. The van der Waals surface area contributed by atoms with E-state index >= 15 is 0 Å². The van der Waals surface area contributed by atoms with Crippen LogP contribution in [0.25, 0.3) is 10.4 Å². The van der Waals surface area contributed by atoms with Crippen LogP contribution in [0.5, 0.6) is 0 Å². The molecule has 1 aromatic rings. The van der Waals surface area contributed by atoms with Crippen LogP contribution >= 0.6 is 0 Å². The van der Waals surface area contributed by atoms with Crippen molar-refractivity contribution in [3.8, 4) is 11.8 Å². The summed E-state index contributed by atoms with van der Waals surface area (Å²) >= 11 is 0. The summed E-state index contributed by atoms with van der Waals surface area (Å²) in [5.41, 5.74) is 15.0. The van der Waals surface area contributed by atoms with Crippen LogP contribution in [0.2, 0.25) is 0 Å². The molecule has 0 heterocycles. The van der Waals surface area contributed by atoms with Crippen molar-refractivity contribution in [2.24, 2.45) is 5.11 Å². The summed E-state index contributed by atoms with van der Waals surface area (Å²) in [6, 6.07) is 4.82. The van der Waals surface area contributed by atoms with Gasteiger partial charge in [-0.25, -0.2) is 4.79 Å². The van der Waals surface area contributed by atoms with Gasteiger partial charge in [-0.2, -0.15) is 0 Å². The lowest BCUT2D eigenvalue weighted by molar-refractivity contribution is 0.0527. The SMILES string of the molecule is CCOC(=O)c1cc(C#CCN=[N+]=[N-])ccc1N. The molecular weight excluding hydrogens is 232 g/mol. The van der Waals surface area contributed by atoms with E-state index in [4.69, 9.17) is 16.0 Å². The van der Waals surface area contributed by atoms with Gasteiger partial charge in [-0.3, -0.25) is 0 Å². The van der Waals surface area contributed by atoms with Crippen molar-refractivity contribution in [2.75, 3.05) is 18.9 Å². The van der Waals surface area contributed by atoms with Crippen molar-refractivity contribution in [3.05, 3.63) is 39.8 Å².